The highest BCUT2D eigenvalue weighted by atomic mass is 16.3. The Morgan fingerprint density at radius 1 is 1.27 bits per heavy atom. The van der Waals surface area contributed by atoms with Gasteiger partial charge in [-0.05, 0) is 26.2 Å². The summed E-state index contributed by atoms with van der Waals surface area (Å²) in [5, 5.41) is 13.9. The monoisotopic (exact) mass is 306 g/mol. The Morgan fingerprint density at radius 3 is 2.68 bits per heavy atom. The Labute approximate surface area is 133 Å². The largest absolute Gasteiger partial charge is 0.396 e. The molecule has 1 aromatic rings. The van der Waals surface area contributed by atoms with Crippen LogP contribution in [-0.4, -0.2) is 63.0 Å². The van der Waals surface area contributed by atoms with Crippen LogP contribution in [0.1, 0.15) is 43.4 Å². The highest BCUT2D eigenvalue weighted by Crippen LogP contribution is 2.28. The van der Waals surface area contributed by atoms with E-state index in [2.05, 4.69) is 28.0 Å². The van der Waals surface area contributed by atoms with Gasteiger partial charge < -0.3 is 5.11 Å². The molecule has 0 bridgehead atoms. The Bertz CT molecular complexity index is 481. The zero-order valence-electron chi connectivity index (χ0n) is 14.0. The number of aliphatic hydroxyl groups is 1. The molecule has 5 heteroatoms. The van der Waals surface area contributed by atoms with Crippen molar-refractivity contribution < 1.29 is 5.11 Å². The zero-order valence-corrected chi connectivity index (χ0v) is 14.0. The van der Waals surface area contributed by atoms with Crippen molar-refractivity contribution in [1.82, 2.24) is 19.6 Å². The van der Waals surface area contributed by atoms with Gasteiger partial charge in [0.25, 0.3) is 0 Å². The normalized spacial score (nSPS) is 25.1. The number of piperazine rings is 1. The lowest BCUT2D eigenvalue weighted by Crippen LogP contribution is -2.56. The van der Waals surface area contributed by atoms with Crippen molar-refractivity contribution in [3.63, 3.8) is 0 Å². The van der Waals surface area contributed by atoms with Crippen LogP contribution in [-0.2, 0) is 13.6 Å². The van der Waals surface area contributed by atoms with Gasteiger partial charge in [0.15, 0.2) is 0 Å². The number of aromatic nitrogens is 2. The summed E-state index contributed by atoms with van der Waals surface area (Å²) in [4.78, 5) is 5.23. The lowest BCUT2D eigenvalue weighted by atomic mass is 10.0. The lowest BCUT2D eigenvalue weighted by molar-refractivity contribution is 0.0266. The van der Waals surface area contributed by atoms with Gasteiger partial charge in [0.2, 0.25) is 0 Å². The van der Waals surface area contributed by atoms with E-state index in [0.717, 1.165) is 44.3 Å². The van der Waals surface area contributed by atoms with Gasteiger partial charge >= 0.3 is 0 Å². The predicted octanol–water partition coefficient (Wildman–Crippen LogP) is 1.54. The maximum atomic E-state index is 9.44. The second-order valence-electron chi connectivity index (χ2n) is 6.99. The number of aliphatic hydroxyl groups excluding tert-OH is 1. The van der Waals surface area contributed by atoms with Crippen molar-refractivity contribution in [2.45, 2.75) is 57.7 Å². The first-order chi connectivity index (χ1) is 10.7. The fraction of sp³-hybridized carbons (Fsp3) is 0.824. The van der Waals surface area contributed by atoms with Crippen LogP contribution in [0.5, 0.6) is 0 Å². The Kier molecular flexibility index (Phi) is 5.16. The number of hydrogen-bond acceptors (Lipinski definition) is 4. The SMILES string of the molecule is Cc1nn(C)cc1CN1CCN(C2CCCC2)[C@@H](CCO)C1. The van der Waals surface area contributed by atoms with Crippen LogP contribution in [0.3, 0.4) is 0 Å². The first-order valence-corrected chi connectivity index (χ1v) is 8.75. The van der Waals surface area contributed by atoms with Crippen molar-refractivity contribution in [3.8, 4) is 0 Å². The van der Waals surface area contributed by atoms with Gasteiger partial charge in [-0.2, -0.15) is 5.10 Å². The predicted molar refractivity (Wildman–Crippen MR) is 87.7 cm³/mol. The minimum absolute atomic E-state index is 0.299. The highest BCUT2D eigenvalue weighted by molar-refractivity contribution is 5.15. The first kappa shape index (κ1) is 16.0. The molecule has 1 aromatic heterocycles. The van der Waals surface area contributed by atoms with Gasteiger partial charge in [-0.1, -0.05) is 12.8 Å². The van der Waals surface area contributed by atoms with Gasteiger partial charge in [0.05, 0.1) is 5.69 Å². The van der Waals surface area contributed by atoms with E-state index in [9.17, 15) is 5.11 Å². The van der Waals surface area contributed by atoms with E-state index in [1.165, 1.54) is 31.2 Å². The molecular formula is C17H30N4O. The molecule has 1 atom stereocenters. The van der Waals surface area contributed by atoms with Crippen LogP contribution in [0.15, 0.2) is 6.20 Å². The average Bonchev–Trinajstić information content (AvgIpc) is 3.10. The fourth-order valence-electron chi connectivity index (χ4n) is 4.24. The maximum Gasteiger partial charge on any atom is 0.0638 e. The third kappa shape index (κ3) is 3.53. The second kappa shape index (κ2) is 7.11. The first-order valence-electron chi connectivity index (χ1n) is 8.75. The molecule has 2 fully saturated rings. The molecule has 1 aliphatic heterocycles. The maximum absolute atomic E-state index is 9.44. The van der Waals surface area contributed by atoms with Crippen LogP contribution >= 0.6 is 0 Å². The minimum Gasteiger partial charge on any atom is -0.396 e. The molecule has 2 aliphatic rings. The molecule has 0 aromatic carbocycles. The lowest BCUT2D eigenvalue weighted by Gasteiger charge is -2.44. The van der Waals surface area contributed by atoms with Gasteiger partial charge in [0.1, 0.15) is 0 Å². The number of hydrogen-bond donors (Lipinski definition) is 1. The Balaban J connectivity index is 1.63. The molecule has 0 spiro atoms. The van der Waals surface area contributed by atoms with E-state index in [0.29, 0.717) is 12.6 Å². The summed E-state index contributed by atoms with van der Waals surface area (Å²) in [6, 6.07) is 1.28. The van der Waals surface area contributed by atoms with Crippen molar-refractivity contribution >= 4 is 0 Å². The quantitative estimate of drug-likeness (QED) is 0.896. The summed E-state index contributed by atoms with van der Waals surface area (Å²) in [5.41, 5.74) is 2.47. The van der Waals surface area contributed by atoms with Gasteiger partial charge in [-0.25, -0.2) is 0 Å². The number of nitrogens with zero attached hydrogens (tertiary/aromatic N) is 4. The topological polar surface area (TPSA) is 44.5 Å². The van der Waals surface area contributed by atoms with E-state index in [-0.39, 0.29) is 0 Å². The number of aryl methyl sites for hydroxylation is 2. The smallest absolute Gasteiger partial charge is 0.0638 e. The molecule has 124 valence electrons. The Hall–Kier alpha value is -0.910. The molecule has 0 amide bonds. The summed E-state index contributed by atoms with van der Waals surface area (Å²) in [5.74, 6) is 0. The van der Waals surface area contributed by atoms with Crippen molar-refractivity contribution in [2.75, 3.05) is 26.2 Å². The summed E-state index contributed by atoms with van der Waals surface area (Å²) >= 11 is 0. The van der Waals surface area contributed by atoms with E-state index in [1.54, 1.807) is 0 Å². The molecular weight excluding hydrogens is 276 g/mol. The van der Waals surface area contributed by atoms with Crippen molar-refractivity contribution in [3.05, 3.63) is 17.5 Å². The second-order valence-corrected chi connectivity index (χ2v) is 6.99. The molecule has 2 heterocycles. The van der Waals surface area contributed by atoms with Crippen molar-refractivity contribution in [2.24, 2.45) is 7.05 Å². The minimum atomic E-state index is 0.299. The molecule has 1 saturated carbocycles. The van der Waals surface area contributed by atoms with Crippen LogP contribution in [0.4, 0.5) is 0 Å². The van der Waals surface area contributed by atoms with Crippen molar-refractivity contribution in [1.29, 1.82) is 0 Å². The van der Waals surface area contributed by atoms with E-state index in [4.69, 9.17) is 0 Å². The van der Waals surface area contributed by atoms with Crippen LogP contribution in [0.2, 0.25) is 0 Å². The van der Waals surface area contributed by atoms with Crippen LogP contribution in [0, 0.1) is 6.92 Å². The highest BCUT2D eigenvalue weighted by Gasteiger charge is 2.33. The molecule has 1 saturated heterocycles. The molecule has 0 radical (unpaired) electrons. The van der Waals surface area contributed by atoms with Gasteiger partial charge in [0, 0.05) is 63.7 Å². The third-order valence-corrected chi connectivity index (χ3v) is 5.38. The Morgan fingerprint density at radius 2 is 2.05 bits per heavy atom. The zero-order chi connectivity index (χ0) is 15.5. The van der Waals surface area contributed by atoms with Crippen LogP contribution in [0.25, 0.3) is 0 Å². The standard InChI is InChI=1S/C17H30N4O/c1-14-15(11-19(2)18-14)12-20-8-9-21(16-5-3-4-6-16)17(13-20)7-10-22/h11,16-17,22H,3-10,12-13H2,1-2H3/t17-/m0/s1. The molecule has 22 heavy (non-hydrogen) atoms. The van der Waals surface area contributed by atoms with E-state index >= 15 is 0 Å². The van der Waals surface area contributed by atoms with Gasteiger partial charge in [-0.3, -0.25) is 14.5 Å². The average molecular weight is 306 g/mol. The molecule has 1 N–H and O–H groups in total. The van der Waals surface area contributed by atoms with E-state index < -0.39 is 0 Å². The summed E-state index contributed by atoms with van der Waals surface area (Å²) in [6.45, 7) is 6.73. The third-order valence-electron chi connectivity index (χ3n) is 5.38. The van der Waals surface area contributed by atoms with Crippen LogP contribution < -0.4 is 0 Å². The molecule has 1 aliphatic carbocycles. The van der Waals surface area contributed by atoms with E-state index in [1.807, 2.05) is 11.7 Å². The summed E-state index contributed by atoms with van der Waals surface area (Å²) < 4.78 is 1.91. The molecule has 0 unspecified atom stereocenters. The van der Waals surface area contributed by atoms with Gasteiger partial charge in [-0.15, -0.1) is 0 Å². The molecule has 5 nitrogen and oxygen atoms in total. The number of rotatable bonds is 5. The molecule has 3 rings (SSSR count). The summed E-state index contributed by atoms with van der Waals surface area (Å²) in [6.07, 6.45) is 8.50. The fourth-order valence-corrected chi connectivity index (χ4v) is 4.24. The summed E-state index contributed by atoms with van der Waals surface area (Å²) in [7, 11) is 1.99.